The molecule has 0 aliphatic heterocycles. The number of rotatable bonds is 8. The van der Waals surface area contributed by atoms with Crippen molar-refractivity contribution in [1.82, 2.24) is 10.6 Å². The Bertz CT molecular complexity index is 420. The maximum atomic E-state index is 11.7. The molecule has 0 fully saturated rings. The van der Waals surface area contributed by atoms with Crippen LogP contribution in [0.2, 0.25) is 0 Å². The van der Waals surface area contributed by atoms with Crippen LogP contribution in [0.15, 0.2) is 30.3 Å². The summed E-state index contributed by atoms with van der Waals surface area (Å²) in [6.07, 6.45) is 1.69. The van der Waals surface area contributed by atoms with Crippen molar-refractivity contribution in [1.29, 1.82) is 0 Å². The van der Waals surface area contributed by atoms with Gasteiger partial charge in [0.2, 0.25) is 5.91 Å². The highest BCUT2D eigenvalue weighted by Gasteiger charge is 2.07. The molecule has 1 atom stereocenters. The van der Waals surface area contributed by atoms with Crippen molar-refractivity contribution in [2.24, 2.45) is 5.92 Å². The van der Waals surface area contributed by atoms with E-state index >= 15 is 0 Å². The van der Waals surface area contributed by atoms with E-state index < -0.39 is 0 Å². The molecule has 0 heterocycles. The molecule has 1 aromatic carbocycles. The highest BCUT2D eigenvalue weighted by molar-refractivity contribution is 5.96. The molecule has 0 aliphatic rings. The van der Waals surface area contributed by atoms with Crippen LogP contribution in [0, 0.1) is 5.92 Å². The van der Waals surface area contributed by atoms with Crippen LogP contribution in [-0.2, 0) is 4.79 Å². The van der Waals surface area contributed by atoms with Crippen LogP contribution in [0.3, 0.4) is 0 Å². The maximum absolute atomic E-state index is 11.7. The summed E-state index contributed by atoms with van der Waals surface area (Å²) in [7, 11) is 0. The first-order valence-electron chi connectivity index (χ1n) is 6.84. The van der Waals surface area contributed by atoms with E-state index in [2.05, 4.69) is 10.6 Å². The monoisotopic (exact) mass is 278 g/mol. The van der Waals surface area contributed by atoms with Crippen molar-refractivity contribution in [3.05, 3.63) is 35.9 Å². The average molecular weight is 278 g/mol. The molecule has 0 spiro atoms. The molecule has 1 rings (SSSR count). The Morgan fingerprint density at radius 1 is 1.20 bits per heavy atom. The number of nitrogens with one attached hydrogen (secondary N) is 2. The Balaban J connectivity index is 2.15. The summed E-state index contributed by atoms with van der Waals surface area (Å²) in [6, 6.07) is 8.78. The third kappa shape index (κ3) is 6.33. The Morgan fingerprint density at radius 3 is 2.55 bits per heavy atom. The zero-order valence-electron chi connectivity index (χ0n) is 11.8. The van der Waals surface area contributed by atoms with Gasteiger partial charge in [-0.05, 0) is 30.9 Å². The third-order valence-electron chi connectivity index (χ3n) is 2.95. The molecule has 1 aromatic rings. The molecule has 2 amide bonds. The van der Waals surface area contributed by atoms with Crippen LogP contribution in [0.1, 0.15) is 30.1 Å². The minimum absolute atomic E-state index is 0.0245. The second-order valence-corrected chi connectivity index (χ2v) is 4.83. The summed E-state index contributed by atoms with van der Waals surface area (Å²) >= 11 is 0. The number of carbonyl (C=O) groups is 2. The molecule has 20 heavy (non-hydrogen) atoms. The lowest BCUT2D eigenvalue weighted by Crippen LogP contribution is -2.37. The van der Waals surface area contributed by atoms with Crippen LogP contribution in [0.4, 0.5) is 0 Å². The highest BCUT2D eigenvalue weighted by Crippen LogP contribution is 2.02. The highest BCUT2D eigenvalue weighted by atomic mass is 16.3. The number of hydrogen-bond acceptors (Lipinski definition) is 3. The number of amides is 2. The topological polar surface area (TPSA) is 78.4 Å². The number of hydrogen-bond donors (Lipinski definition) is 3. The molecule has 0 saturated heterocycles. The fraction of sp³-hybridized carbons (Fsp3) is 0.467. The molecule has 5 nitrogen and oxygen atoms in total. The van der Waals surface area contributed by atoms with Crippen molar-refractivity contribution in [3.8, 4) is 0 Å². The smallest absolute Gasteiger partial charge is 0.251 e. The second-order valence-electron chi connectivity index (χ2n) is 4.83. The molecule has 0 aromatic heterocycles. The fourth-order valence-corrected chi connectivity index (χ4v) is 1.68. The quantitative estimate of drug-likeness (QED) is 0.619. The van der Waals surface area contributed by atoms with Crippen molar-refractivity contribution < 1.29 is 14.7 Å². The Labute approximate surface area is 119 Å². The summed E-state index contributed by atoms with van der Waals surface area (Å²) in [5.41, 5.74) is 0.539. The molecule has 1 unspecified atom stereocenters. The fourth-order valence-electron chi connectivity index (χ4n) is 1.68. The largest absolute Gasteiger partial charge is 0.396 e. The van der Waals surface area contributed by atoms with Gasteiger partial charge in [-0.1, -0.05) is 25.1 Å². The normalized spacial score (nSPS) is 11.7. The van der Waals surface area contributed by atoms with Crippen molar-refractivity contribution in [3.63, 3.8) is 0 Å². The predicted molar refractivity (Wildman–Crippen MR) is 77.3 cm³/mol. The van der Waals surface area contributed by atoms with Gasteiger partial charge in [-0.2, -0.15) is 0 Å². The summed E-state index contributed by atoms with van der Waals surface area (Å²) in [4.78, 5) is 23.2. The number of aliphatic hydroxyl groups is 1. The Hall–Kier alpha value is -1.88. The average Bonchev–Trinajstić information content (AvgIpc) is 2.49. The second kappa shape index (κ2) is 9.09. The van der Waals surface area contributed by atoms with Gasteiger partial charge in [-0.3, -0.25) is 9.59 Å². The van der Waals surface area contributed by atoms with Gasteiger partial charge in [0, 0.05) is 18.7 Å². The lowest BCUT2D eigenvalue weighted by molar-refractivity contribution is -0.120. The first-order chi connectivity index (χ1) is 9.63. The van der Waals surface area contributed by atoms with Gasteiger partial charge in [0.15, 0.2) is 0 Å². The van der Waals surface area contributed by atoms with Crippen molar-refractivity contribution in [2.75, 3.05) is 19.7 Å². The van der Waals surface area contributed by atoms with Crippen LogP contribution in [-0.4, -0.2) is 36.6 Å². The predicted octanol–water partition coefficient (Wildman–Crippen LogP) is 0.941. The van der Waals surface area contributed by atoms with Crippen LogP contribution >= 0.6 is 0 Å². The lowest BCUT2D eigenvalue weighted by atomic mass is 10.1. The Kier molecular flexibility index (Phi) is 7.35. The molecule has 3 N–H and O–H groups in total. The molecule has 0 bridgehead atoms. The van der Waals surface area contributed by atoms with Crippen LogP contribution < -0.4 is 10.6 Å². The van der Waals surface area contributed by atoms with Gasteiger partial charge < -0.3 is 15.7 Å². The SMILES string of the molecule is CC(CO)CCCNC(=O)CNC(=O)c1ccccc1. The molecular formula is C15H22N2O3. The zero-order valence-corrected chi connectivity index (χ0v) is 11.8. The summed E-state index contributed by atoms with van der Waals surface area (Å²) in [6.45, 7) is 2.66. The molecule has 5 heteroatoms. The maximum Gasteiger partial charge on any atom is 0.251 e. The van der Waals surface area contributed by atoms with E-state index in [0.29, 0.717) is 12.1 Å². The lowest BCUT2D eigenvalue weighted by Gasteiger charge is -2.09. The first-order valence-corrected chi connectivity index (χ1v) is 6.84. The first kappa shape index (κ1) is 16.2. The molecule has 0 radical (unpaired) electrons. The van der Waals surface area contributed by atoms with E-state index in [0.717, 1.165) is 12.8 Å². The Morgan fingerprint density at radius 2 is 1.90 bits per heavy atom. The van der Waals surface area contributed by atoms with E-state index in [9.17, 15) is 9.59 Å². The van der Waals surface area contributed by atoms with Gasteiger partial charge in [0.05, 0.1) is 6.54 Å². The van der Waals surface area contributed by atoms with Gasteiger partial charge >= 0.3 is 0 Å². The summed E-state index contributed by atoms with van der Waals surface area (Å²) in [5, 5.41) is 14.2. The summed E-state index contributed by atoms with van der Waals surface area (Å²) in [5.74, 6) is -0.203. The number of carbonyl (C=O) groups excluding carboxylic acids is 2. The van der Waals surface area contributed by atoms with E-state index in [1.54, 1.807) is 24.3 Å². The minimum atomic E-state index is -0.255. The van der Waals surface area contributed by atoms with E-state index in [4.69, 9.17) is 5.11 Å². The van der Waals surface area contributed by atoms with Crippen LogP contribution in [0.5, 0.6) is 0 Å². The third-order valence-corrected chi connectivity index (χ3v) is 2.95. The number of benzene rings is 1. The van der Waals surface area contributed by atoms with Crippen LogP contribution in [0.25, 0.3) is 0 Å². The van der Waals surface area contributed by atoms with E-state index in [-0.39, 0.29) is 30.9 Å². The number of aliphatic hydroxyl groups excluding tert-OH is 1. The molecular weight excluding hydrogens is 256 g/mol. The van der Waals surface area contributed by atoms with Gasteiger partial charge in [-0.25, -0.2) is 0 Å². The van der Waals surface area contributed by atoms with Gasteiger partial charge in [0.1, 0.15) is 0 Å². The van der Waals surface area contributed by atoms with Crippen molar-refractivity contribution >= 4 is 11.8 Å². The molecule has 0 saturated carbocycles. The van der Waals surface area contributed by atoms with Gasteiger partial charge in [0.25, 0.3) is 5.91 Å². The van der Waals surface area contributed by atoms with E-state index in [1.165, 1.54) is 0 Å². The minimum Gasteiger partial charge on any atom is -0.396 e. The molecule has 110 valence electrons. The zero-order chi connectivity index (χ0) is 14.8. The standard InChI is InChI=1S/C15H22N2O3/c1-12(11-18)6-5-9-16-14(19)10-17-15(20)13-7-3-2-4-8-13/h2-4,7-8,12,18H,5-6,9-11H2,1H3,(H,16,19)(H,17,20). The van der Waals surface area contributed by atoms with Crippen molar-refractivity contribution in [2.45, 2.75) is 19.8 Å². The molecule has 0 aliphatic carbocycles. The van der Waals surface area contributed by atoms with E-state index in [1.807, 2.05) is 13.0 Å². The van der Waals surface area contributed by atoms with Gasteiger partial charge in [-0.15, -0.1) is 0 Å². The summed E-state index contributed by atoms with van der Waals surface area (Å²) < 4.78 is 0.